The highest BCUT2D eigenvalue weighted by molar-refractivity contribution is 7.08. The molecular formula is C16H21NOS. The molecule has 19 heavy (non-hydrogen) atoms. The van der Waals surface area contributed by atoms with Crippen molar-refractivity contribution < 1.29 is 4.74 Å². The van der Waals surface area contributed by atoms with E-state index in [-0.39, 0.29) is 12.1 Å². The largest absolute Gasteiger partial charge is 0.491 e. The van der Waals surface area contributed by atoms with Crippen LogP contribution in [0.25, 0.3) is 0 Å². The van der Waals surface area contributed by atoms with Crippen molar-refractivity contribution >= 4 is 11.3 Å². The van der Waals surface area contributed by atoms with Crippen LogP contribution in [0.5, 0.6) is 5.75 Å². The third-order valence-electron chi connectivity index (χ3n) is 3.09. The highest BCUT2D eigenvalue weighted by Crippen LogP contribution is 2.33. The molecule has 2 nitrogen and oxygen atoms in total. The zero-order valence-electron chi connectivity index (χ0n) is 11.9. The third kappa shape index (κ3) is 3.17. The summed E-state index contributed by atoms with van der Waals surface area (Å²) < 4.78 is 5.93. The Morgan fingerprint density at radius 1 is 1.11 bits per heavy atom. The molecule has 3 heteroatoms. The van der Waals surface area contributed by atoms with Gasteiger partial charge in [-0.1, -0.05) is 18.2 Å². The van der Waals surface area contributed by atoms with Gasteiger partial charge >= 0.3 is 0 Å². The molecule has 0 aliphatic heterocycles. The summed E-state index contributed by atoms with van der Waals surface area (Å²) >= 11 is 1.74. The molecule has 1 aromatic heterocycles. The number of ether oxygens (including phenoxy) is 1. The molecule has 0 aliphatic carbocycles. The van der Waals surface area contributed by atoms with Crippen LogP contribution in [0.3, 0.4) is 0 Å². The van der Waals surface area contributed by atoms with Gasteiger partial charge in [0.1, 0.15) is 5.75 Å². The van der Waals surface area contributed by atoms with Crippen LogP contribution < -0.4 is 10.1 Å². The van der Waals surface area contributed by atoms with E-state index in [1.807, 2.05) is 19.2 Å². The van der Waals surface area contributed by atoms with Crippen LogP contribution in [0, 0.1) is 6.92 Å². The zero-order valence-corrected chi connectivity index (χ0v) is 12.8. The Kier molecular flexibility index (Phi) is 4.61. The molecule has 2 rings (SSSR count). The third-order valence-corrected chi connectivity index (χ3v) is 3.97. The van der Waals surface area contributed by atoms with Crippen molar-refractivity contribution in [3.63, 3.8) is 0 Å². The second-order valence-corrected chi connectivity index (χ2v) is 5.68. The maximum atomic E-state index is 5.93. The quantitative estimate of drug-likeness (QED) is 0.885. The molecule has 0 amide bonds. The van der Waals surface area contributed by atoms with E-state index in [9.17, 15) is 0 Å². The SMILES string of the molecule is CNC(c1cscc1C)c1ccccc1OC(C)C. The van der Waals surface area contributed by atoms with Crippen molar-refractivity contribution in [2.75, 3.05) is 7.05 Å². The molecule has 0 aliphatic rings. The second kappa shape index (κ2) is 6.22. The molecule has 1 heterocycles. The summed E-state index contributed by atoms with van der Waals surface area (Å²) in [5.74, 6) is 0.961. The Balaban J connectivity index is 2.41. The molecule has 0 saturated carbocycles. The van der Waals surface area contributed by atoms with Crippen LogP contribution in [0.1, 0.15) is 36.6 Å². The predicted molar refractivity (Wildman–Crippen MR) is 82.2 cm³/mol. The lowest BCUT2D eigenvalue weighted by molar-refractivity contribution is 0.238. The van der Waals surface area contributed by atoms with Gasteiger partial charge in [-0.3, -0.25) is 0 Å². The maximum absolute atomic E-state index is 5.93. The molecule has 1 aromatic carbocycles. The van der Waals surface area contributed by atoms with E-state index >= 15 is 0 Å². The highest BCUT2D eigenvalue weighted by Gasteiger charge is 2.19. The fraction of sp³-hybridized carbons (Fsp3) is 0.375. The molecule has 0 radical (unpaired) electrons. The second-order valence-electron chi connectivity index (χ2n) is 4.94. The topological polar surface area (TPSA) is 21.3 Å². The molecule has 1 atom stereocenters. The average molecular weight is 275 g/mol. The van der Waals surface area contributed by atoms with Crippen LogP contribution in [-0.4, -0.2) is 13.2 Å². The first-order chi connectivity index (χ1) is 9.13. The molecule has 1 unspecified atom stereocenters. The van der Waals surface area contributed by atoms with Gasteiger partial charge in [-0.15, -0.1) is 0 Å². The first-order valence-electron chi connectivity index (χ1n) is 6.59. The van der Waals surface area contributed by atoms with E-state index in [2.05, 4.69) is 49.0 Å². The summed E-state index contributed by atoms with van der Waals surface area (Å²) in [7, 11) is 1.99. The number of hydrogen-bond acceptors (Lipinski definition) is 3. The fourth-order valence-electron chi connectivity index (χ4n) is 2.22. The minimum atomic E-state index is 0.182. The van der Waals surface area contributed by atoms with Crippen molar-refractivity contribution in [2.24, 2.45) is 0 Å². The monoisotopic (exact) mass is 275 g/mol. The van der Waals surface area contributed by atoms with Gasteiger partial charge in [-0.25, -0.2) is 0 Å². The summed E-state index contributed by atoms with van der Waals surface area (Å²) in [5.41, 5.74) is 3.84. The van der Waals surface area contributed by atoms with Gasteiger partial charge in [0.15, 0.2) is 0 Å². The molecular weight excluding hydrogens is 254 g/mol. The summed E-state index contributed by atoms with van der Waals surface area (Å²) in [6.45, 7) is 6.27. The van der Waals surface area contributed by atoms with Gasteiger partial charge in [0.2, 0.25) is 0 Å². The number of aryl methyl sites for hydroxylation is 1. The van der Waals surface area contributed by atoms with Gasteiger partial charge in [0.25, 0.3) is 0 Å². The Bertz CT molecular complexity index is 533. The van der Waals surface area contributed by atoms with E-state index in [1.54, 1.807) is 11.3 Å². The first-order valence-corrected chi connectivity index (χ1v) is 7.53. The number of rotatable bonds is 5. The van der Waals surface area contributed by atoms with E-state index in [0.29, 0.717) is 0 Å². The highest BCUT2D eigenvalue weighted by atomic mass is 32.1. The normalized spacial score (nSPS) is 12.7. The Morgan fingerprint density at radius 3 is 2.42 bits per heavy atom. The lowest BCUT2D eigenvalue weighted by Gasteiger charge is -2.21. The van der Waals surface area contributed by atoms with Gasteiger partial charge in [0, 0.05) is 5.56 Å². The van der Waals surface area contributed by atoms with Crippen LogP contribution >= 0.6 is 11.3 Å². The molecule has 0 spiro atoms. The Hall–Kier alpha value is -1.32. The van der Waals surface area contributed by atoms with Gasteiger partial charge in [0.05, 0.1) is 12.1 Å². The lowest BCUT2D eigenvalue weighted by atomic mass is 9.98. The van der Waals surface area contributed by atoms with Crippen molar-refractivity contribution in [1.82, 2.24) is 5.32 Å². The number of nitrogens with one attached hydrogen (secondary N) is 1. The first kappa shape index (κ1) is 14.1. The smallest absolute Gasteiger partial charge is 0.124 e. The van der Waals surface area contributed by atoms with Crippen molar-refractivity contribution in [3.05, 3.63) is 51.7 Å². The van der Waals surface area contributed by atoms with Crippen molar-refractivity contribution in [1.29, 1.82) is 0 Å². The molecule has 102 valence electrons. The molecule has 0 bridgehead atoms. The van der Waals surface area contributed by atoms with Gasteiger partial charge in [-0.2, -0.15) is 11.3 Å². The van der Waals surface area contributed by atoms with Gasteiger partial charge in [-0.05, 0) is 55.8 Å². The van der Waals surface area contributed by atoms with Crippen molar-refractivity contribution in [3.8, 4) is 5.75 Å². The van der Waals surface area contributed by atoms with Crippen LogP contribution in [-0.2, 0) is 0 Å². The van der Waals surface area contributed by atoms with Gasteiger partial charge < -0.3 is 10.1 Å². The van der Waals surface area contributed by atoms with Crippen LogP contribution in [0.15, 0.2) is 35.0 Å². The average Bonchev–Trinajstić information content (AvgIpc) is 2.78. The molecule has 0 fully saturated rings. The van der Waals surface area contributed by atoms with E-state index in [0.717, 1.165) is 5.75 Å². The molecule has 2 aromatic rings. The van der Waals surface area contributed by atoms with Crippen LogP contribution in [0.2, 0.25) is 0 Å². The molecule has 0 saturated heterocycles. The fourth-order valence-corrected chi connectivity index (χ4v) is 3.10. The van der Waals surface area contributed by atoms with E-state index in [1.165, 1.54) is 16.7 Å². The van der Waals surface area contributed by atoms with Crippen LogP contribution in [0.4, 0.5) is 0 Å². The molecule has 1 N–H and O–H groups in total. The minimum absolute atomic E-state index is 0.182. The Morgan fingerprint density at radius 2 is 1.84 bits per heavy atom. The minimum Gasteiger partial charge on any atom is -0.491 e. The van der Waals surface area contributed by atoms with Crippen molar-refractivity contribution in [2.45, 2.75) is 32.9 Å². The standard InChI is InChI=1S/C16H21NOS/c1-11(2)18-15-8-6-5-7-13(15)16(17-4)14-10-19-9-12(14)3/h5-11,16-17H,1-4H3. The number of para-hydroxylation sites is 1. The number of hydrogen-bond donors (Lipinski definition) is 1. The summed E-state index contributed by atoms with van der Waals surface area (Å²) in [6.07, 6.45) is 0.183. The zero-order chi connectivity index (χ0) is 13.8. The summed E-state index contributed by atoms with van der Waals surface area (Å²) in [5, 5.41) is 7.80. The number of benzene rings is 1. The summed E-state index contributed by atoms with van der Waals surface area (Å²) in [4.78, 5) is 0. The predicted octanol–water partition coefficient (Wildman–Crippen LogP) is 4.15. The van der Waals surface area contributed by atoms with E-state index < -0.39 is 0 Å². The maximum Gasteiger partial charge on any atom is 0.124 e. The van der Waals surface area contributed by atoms with E-state index in [4.69, 9.17) is 4.74 Å². The Labute approximate surface area is 119 Å². The number of thiophene rings is 1. The lowest BCUT2D eigenvalue weighted by Crippen LogP contribution is -2.19. The summed E-state index contributed by atoms with van der Waals surface area (Å²) in [6, 6.07) is 8.45.